The van der Waals surface area contributed by atoms with Crippen molar-refractivity contribution in [2.24, 2.45) is 0 Å². The van der Waals surface area contributed by atoms with E-state index >= 15 is 0 Å². The van der Waals surface area contributed by atoms with Gasteiger partial charge in [0.25, 0.3) is 0 Å². The number of aromatic nitrogens is 1. The van der Waals surface area contributed by atoms with Crippen LogP contribution < -0.4 is 20.1 Å². The summed E-state index contributed by atoms with van der Waals surface area (Å²) in [5.41, 5.74) is 2.04. The number of thiazole rings is 1. The monoisotopic (exact) mass is 321 g/mol. The standard InChI is InChI=1S/C16H23N3O2S/c1-4-8-17-9-7-13-11-22-16(19-13)18-12-5-6-14(20-2)15(10-12)21-3/h5-6,10-11,17H,4,7-9H2,1-3H3,(H,18,19). The fourth-order valence-corrected chi connectivity index (χ4v) is 2.80. The van der Waals surface area contributed by atoms with Crippen LogP contribution in [0.5, 0.6) is 11.5 Å². The van der Waals surface area contributed by atoms with Crippen molar-refractivity contribution in [3.05, 3.63) is 29.3 Å². The second-order valence-electron chi connectivity index (χ2n) is 4.84. The number of nitrogens with one attached hydrogen (secondary N) is 2. The molecule has 120 valence electrons. The van der Waals surface area contributed by atoms with Crippen molar-refractivity contribution in [1.29, 1.82) is 0 Å². The molecule has 0 spiro atoms. The molecule has 0 aliphatic carbocycles. The van der Waals surface area contributed by atoms with E-state index in [1.54, 1.807) is 25.6 Å². The van der Waals surface area contributed by atoms with Crippen LogP contribution in [0.3, 0.4) is 0 Å². The van der Waals surface area contributed by atoms with Crippen LogP contribution in [-0.2, 0) is 6.42 Å². The highest BCUT2D eigenvalue weighted by Crippen LogP contribution is 2.31. The molecule has 0 radical (unpaired) electrons. The third-order valence-corrected chi connectivity index (χ3v) is 3.98. The Morgan fingerprint density at radius 3 is 2.68 bits per heavy atom. The van der Waals surface area contributed by atoms with E-state index in [1.807, 2.05) is 18.2 Å². The summed E-state index contributed by atoms with van der Waals surface area (Å²) in [7, 11) is 3.26. The Labute approximate surface area is 135 Å². The van der Waals surface area contributed by atoms with Crippen LogP contribution in [0.4, 0.5) is 10.8 Å². The Morgan fingerprint density at radius 2 is 1.95 bits per heavy atom. The van der Waals surface area contributed by atoms with Gasteiger partial charge < -0.3 is 20.1 Å². The lowest BCUT2D eigenvalue weighted by Crippen LogP contribution is -2.17. The van der Waals surface area contributed by atoms with Crippen LogP contribution in [0.15, 0.2) is 23.6 Å². The molecule has 1 aromatic heterocycles. The van der Waals surface area contributed by atoms with E-state index in [-0.39, 0.29) is 0 Å². The van der Waals surface area contributed by atoms with Gasteiger partial charge in [-0.3, -0.25) is 0 Å². The highest BCUT2D eigenvalue weighted by molar-refractivity contribution is 7.13. The van der Waals surface area contributed by atoms with Crippen molar-refractivity contribution in [3.63, 3.8) is 0 Å². The Balaban J connectivity index is 1.95. The number of ether oxygens (including phenoxy) is 2. The summed E-state index contributed by atoms with van der Waals surface area (Å²) >= 11 is 1.61. The van der Waals surface area contributed by atoms with Gasteiger partial charge in [-0.25, -0.2) is 4.98 Å². The minimum absolute atomic E-state index is 0.702. The molecular formula is C16H23N3O2S. The fraction of sp³-hybridized carbons (Fsp3) is 0.438. The van der Waals surface area contributed by atoms with Crippen molar-refractivity contribution in [3.8, 4) is 11.5 Å². The molecule has 1 aromatic carbocycles. The van der Waals surface area contributed by atoms with Crippen molar-refractivity contribution in [2.75, 3.05) is 32.6 Å². The Bertz CT molecular complexity index is 587. The molecule has 0 aliphatic rings. The topological polar surface area (TPSA) is 55.4 Å². The SMILES string of the molecule is CCCNCCc1csc(Nc2ccc(OC)c(OC)c2)n1. The van der Waals surface area contributed by atoms with Crippen LogP contribution in [0, 0.1) is 0 Å². The Morgan fingerprint density at radius 1 is 1.14 bits per heavy atom. The summed E-state index contributed by atoms with van der Waals surface area (Å²) in [6.07, 6.45) is 2.10. The highest BCUT2D eigenvalue weighted by Gasteiger charge is 2.07. The molecule has 0 saturated carbocycles. The van der Waals surface area contributed by atoms with Gasteiger partial charge in [-0.2, -0.15) is 0 Å². The van der Waals surface area contributed by atoms with Gasteiger partial charge in [0.05, 0.1) is 19.9 Å². The van der Waals surface area contributed by atoms with Crippen LogP contribution in [-0.4, -0.2) is 32.3 Å². The second-order valence-corrected chi connectivity index (χ2v) is 5.70. The van der Waals surface area contributed by atoms with Crippen molar-refractivity contribution in [1.82, 2.24) is 10.3 Å². The average Bonchev–Trinajstić information content (AvgIpc) is 2.99. The van der Waals surface area contributed by atoms with E-state index in [0.717, 1.165) is 48.2 Å². The number of rotatable bonds is 9. The molecule has 0 amide bonds. The van der Waals surface area contributed by atoms with Crippen LogP contribution in [0.1, 0.15) is 19.0 Å². The lowest BCUT2D eigenvalue weighted by atomic mass is 10.3. The zero-order valence-electron chi connectivity index (χ0n) is 13.3. The van der Waals surface area contributed by atoms with Gasteiger partial charge in [-0.05, 0) is 25.1 Å². The molecular weight excluding hydrogens is 298 g/mol. The van der Waals surface area contributed by atoms with Crippen molar-refractivity contribution >= 4 is 22.2 Å². The van der Waals surface area contributed by atoms with Gasteiger partial charge >= 0.3 is 0 Å². The maximum atomic E-state index is 5.31. The molecule has 0 fully saturated rings. The van der Waals surface area contributed by atoms with Crippen LogP contribution in [0.25, 0.3) is 0 Å². The second kappa shape index (κ2) is 8.60. The number of hydrogen-bond acceptors (Lipinski definition) is 6. The summed E-state index contributed by atoms with van der Waals surface area (Å²) in [6, 6.07) is 5.73. The van der Waals surface area contributed by atoms with E-state index in [9.17, 15) is 0 Å². The molecule has 0 bridgehead atoms. The van der Waals surface area contributed by atoms with E-state index in [0.29, 0.717) is 5.75 Å². The van der Waals surface area contributed by atoms with Gasteiger partial charge in [-0.1, -0.05) is 6.92 Å². The summed E-state index contributed by atoms with van der Waals surface area (Å²) in [5.74, 6) is 1.42. The largest absolute Gasteiger partial charge is 0.493 e. The quantitative estimate of drug-likeness (QED) is 0.693. The molecule has 2 aromatic rings. The first-order chi connectivity index (χ1) is 10.8. The predicted molar refractivity (Wildman–Crippen MR) is 91.8 cm³/mol. The van der Waals surface area contributed by atoms with Crippen molar-refractivity contribution < 1.29 is 9.47 Å². The van der Waals surface area contributed by atoms with Gasteiger partial charge in [0.2, 0.25) is 0 Å². The average molecular weight is 321 g/mol. The highest BCUT2D eigenvalue weighted by atomic mass is 32.1. The first-order valence-electron chi connectivity index (χ1n) is 7.41. The van der Waals surface area contributed by atoms with E-state index in [2.05, 4.69) is 27.9 Å². The third-order valence-electron chi connectivity index (χ3n) is 3.17. The summed E-state index contributed by atoms with van der Waals surface area (Å²) in [5, 5.41) is 9.67. The van der Waals surface area contributed by atoms with Crippen molar-refractivity contribution in [2.45, 2.75) is 19.8 Å². The number of nitrogens with zero attached hydrogens (tertiary/aromatic N) is 1. The molecule has 0 saturated heterocycles. The molecule has 6 heteroatoms. The molecule has 1 heterocycles. The lowest BCUT2D eigenvalue weighted by Gasteiger charge is -2.09. The predicted octanol–water partition coefficient (Wildman–Crippen LogP) is 3.45. The molecule has 0 aliphatic heterocycles. The molecule has 22 heavy (non-hydrogen) atoms. The zero-order valence-corrected chi connectivity index (χ0v) is 14.1. The van der Waals surface area contributed by atoms with Gasteiger partial charge in [0, 0.05) is 30.1 Å². The molecule has 2 rings (SSSR count). The fourth-order valence-electron chi connectivity index (χ4n) is 2.03. The normalized spacial score (nSPS) is 10.5. The first kappa shape index (κ1) is 16.6. The van der Waals surface area contributed by atoms with Gasteiger partial charge in [0.1, 0.15) is 0 Å². The van der Waals surface area contributed by atoms with Crippen LogP contribution >= 0.6 is 11.3 Å². The number of anilines is 2. The maximum absolute atomic E-state index is 5.31. The third kappa shape index (κ3) is 4.61. The lowest BCUT2D eigenvalue weighted by molar-refractivity contribution is 0.355. The summed E-state index contributed by atoms with van der Waals surface area (Å²) in [4.78, 5) is 4.60. The maximum Gasteiger partial charge on any atom is 0.187 e. The number of methoxy groups -OCH3 is 2. The zero-order chi connectivity index (χ0) is 15.8. The molecule has 0 atom stereocenters. The minimum Gasteiger partial charge on any atom is -0.493 e. The molecule has 2 N–H and O–H groups in total. The minimum atomic E-state index is 0.702. The number of hydrogen-bond donors (Lipinski definition) is 2. The smallest absolute Gasteiger partial charge is 0.187 e. The summed E-state index contributed by atoms with van der Waals surface area (Å²) in [6.45, 7) is 4.19. The van der Waals surface area contributed by atoms with E-state index < -0.39 is 0 Å². The molecule has 0 unspecified atom stereocenters. The van der Waals surface area contributed by atoms with E-state index in [1.165, 1.54) is 0 Å². The Kier molecular flexibility index (Phi) is 6.48. The van der Waals surface area contributed by atoms with Gasteiger partial charge in [0.15, 0.2) is 16.6 Å². The first-order valence-corrected chi connectivity index (χ1v) is 8.29. The summed E-state index contributed by atoms with van der Waals surface area (Å²) < 4.78 is 10.5. The van der Waals surface area contributed by atoms with Gasteiger partial charge in [-0.15, -0.1) is 11.3 Å². The van der Waals surface area contributed by atoms with Crippen LogP contribution in [0.2, 0.25) is 0 Å². The Hall–Kier alpha value is -1.79. The molecule has 5 nitrogen and oxygen atoms in total. The van der Waals surface area contributed by atoms with E-state index in [4.69, 9.17) is 9.47 Å². The number of benzene rings is 1.